The Balaban J connectivity index is 1.71. The molecule has 0 radical (unpaired) electrons. The largest absolute Gasteiger partial charge is 0.382 e. The number of piperazine rings is 1. The highest BCUT2D eigenvalue weighted by Gasteiger charge is 2.23. The van der Waals surface area contributed by atoms with Gasteiger partial charge in [-0.2, -0.15) is 0 Å². The fourth-order valence-electron chi connectivity index (χ4n) is 2.50. The summed E-state index contributed by atoms with van der Waals surface area (Å²) in [5, 5.41) is 4.03. The Bertz CT molecular complexity index is 502. The third-order valence-corrected chi connectivity index (χ3v) is 4.22. The molecular weight excluding hydrogens is 310 g/mol. The Hall–Kier alpha value is -1.66. The molecule has 1 aliphatic heterocycles. The van der Waals surface area contributed by atoms with Gasteiger partial charge in [0, 0.05) is 51.5 Å². The van der Waals surface area contributed by atoms with Gasteiger partial charge >= 0.3 is 0 Å². The van der Waals surface area contributed by atoms with Gasteiger partial charge in [0.05, 0.1) is 0 Å². The van der Waals surface area contributed by atoms with Crippen molar-refractivity contribution < 1.29 is 9.53 Å². The topological polar surface area (TPSA) is 44.8 Å². The van der Waals surface area contributed by atoms with Crippen LogP contribution in [-0.4, -0.2) is 66.8 Å². The van der Waals surface area contributed by atoms with E-state index >= 15 is 0 Å². The van der Waals surface area contributed by atoms with Crippen LogP contribution in [0.5, 0.6) is 0 Å². The van der Waals surface area contributed by atoms with E-state index in [1.54, 1.807) is 0 Å². The van der Waals surface area contributed by atoms with E-state index in [0.29, 0.717) is 13.1 Å². The molecule has 126 valence electrons. The van der Waals surface area contributed by atoms with Crippen LogP contribution in [-0.2, 0) is 4.74 Å². The molecule has 1 fully saturated rings. The quantitative estimate of drug-likeness (QED) is 0.634. The Labute approximate surface area is 143 Å². The number of nitrogens with one attached hydrogen (secondary N) is 1. The maximum Gasteiger partial charge on any atom is 0.253 e. The van der Waals surface area contributed by atoms with Crippen LogP contribution >= 0.6 is 12.2 Å². The van der Waals surface area contributed by atoms with E-state index in [4.69, 9.17) is 17.0 Å². The summed E-state index contributed by atoms with van der Waals surface area (Å²) in [5.74, 6) is 0.0980. The predicted octanol–water partition coefficient (Wildman–Crippen LogP) is 1.75. The first-order chi connectivity index (χ1) is 11.2. The van der Waals surface area contributed by atoms with E-state index in [1.807, 2.05) is 42.2 Å². The molecule has 5 nitrogen and oxygen atoms in total. The molecule has 1 heterocycles. The Kier molecular flexibility index (Phi) is 7.29. The Morgan fingerprint density at radius 3 is 2.48 bits per heavy atom. The standard InChI is InChI=1S/C17H25N3O2S/c1-2-22-14-6-9-18-17(23)20-12-10-19(11-13-20)16(21)15-7-4-3-5-8-15/h3-5,7-8H,2,6,9-14H2,1H3,(H,18,23). The molecule has 6 heteroatoms. The number of nitrogens with zero attached hydrogens (tertiary/aromatic N) is 2. The van der Waals surface area contributed by atoms with Crippen LogP contribution in [0.15, 0.2) is 30.3 Å². The van der Waals surface area contributed by atoms with Crippen molar-refractivity contribution in [3.8, 4) is 0 Å². The number of rotatable bonds is 6. The lowest BCUT2D eigenvalue weighted by Gasteiger charge is -2.36. The van der Waals surface area contributed by atoms with Gasteiger partial charge in [-0.25, -0.2) is 0 Å². The van der Waals surface area contributed by atoms with E-state index in [-0.39, 0.29) is 5.91 Å². The first-order valence-electron chi connectivity index (χ1n) is 8.17. The average molecular weight is 335 g/mol. The van der Waals surface area contributed by atoms with Gasteiger partial charge in [-0.15, -0.1) is 0 Å². The van der Waals surface area contributed by atoms with Gasteiger partial charge in [0.15, 0.2) is 5.11 Å². The first kappa shape index (κ1) is 17.7. The maximum atomic E-state index is 12.4. The third kappa shape index (κ3) is 5.48. The fourth-order valence-corrected chi connectivity index (χ4v) is 2.79. The highest BCUT2D eigenvalue weighted by Crippen LogP contribution is 2.08. The summed E-state index contributed by atoms with van der Waals surface area (Å²) in [6.45, 7) is 7.28. The van der Waals surface area contributed by atoms with Crippen LogP contribution in [0.2, 0.25) is 0 Å². The van der Waals surface area contributed by atoms with Crippen molar-refractivity contribution in [2.24, 2.45) is 0 Å². The van der Waals surface area contributed by atoms with Crippen molar-refractivity contribution in [1.82, 2.24) is 15.1 Å². The van der Waals surface area contributed by atoms with E-state index in [2.05, 4.69) is 10.2 Å². The van der Waals surface area contributed by atoms with Gasteiger partial charge in [0.25, 0.3) is 5.91 Å². The molecule has 1 aromatic rings. The Morgan fingerprint density at radius 1 is 1.17 bits per heavy atom. The molecule has 0 spiro atoms. The lowest BCUT2D eigenvalue weighted by atomic mass is 10.2. The fraction of sp³-hybridized carbons (Fsp3) is 0.529. The average Bonchev–Trinajstić information content (AvgIpc) is 2.61. The highest BCUT2D eigenvalue weighted by molar-refractivity contribution is 7.80. The summed E-state index contributed by atoms with van der Waals surface area (Å²) in [6, 6.07) is 9.43. The van der Waals surface area contributed by atoms with Crippen molar-refractivity contribution in [1.29, 1.82) is 0 Å². The lowest BCUT2D eigenvalue weighted by Crippen LogP contribution is -2.53. The van der Waals surface area contributed by atoms with Crippen molar-refractivity contribution in [2.75, 3.05) is 45.9 Å². The van der Waals surface area contributed by atoms with Crippen LogP contribution in [0.1, 0.15) is 23.7 Å². The summed E-state index contributed by atoms with van der Waals surface area (Å²) in [4.78, 5) is 16.4. The molecule has 23 heavy (non-hydrogen) atoms. The van der Waals surface area contributed by atoms with Crippen molar-refractivity contribution in [3.63, 3.8) is 0 Å². The number of hydrogen-bond acceptors (Lipinski definition) is 3. The van der Waals surface area contributed by atoms with Gasteiger partial charge in [0.1, 0.15) is 0 Å². The van der Waals surface area contributed by atoms with E-state index in [0.717, 1.165) is 49.9 Å². The van der Waals surface area contributed by atoms with E-state index < -0.39 is 0 Å². The smallest absolute Gasteiger partial charge is 0.253 e. The SMILES string of the molecule is CCOCCCNC(=S)N1CCN(C(=O)c2ccccc2)CC1. The van der Waals surface area contributed by atoms with Crippen LogP contribution in [0.25, 0.3) is 0 Å². The van der Waals surface area contributed by atoms with E-state index in [9.17, 15) is 4.79 Å². The molecular formula is C17H25N3O2S. The Morgan fingerprint density at radius 2 is 1.83 bits per heavy atom. The molecule has 1 N–H and O–H groups in total. The van der Waals surface area contributed by atoms with Crippen LogP contribution < -0.4 is 5.32 Å². The lowest BCUT2D eigenvalue weighted by molar-refractivity contribution is 0.0691. The highest BCUT2D eigenvalue weighted by atomic mass is 32.1. The molecule has 0 aromatic heterocycles. The monoisotopic (exact) mass is 335 g/mol. The maximum absolute atomic E-state index is 12.4. The second-order valence-corrected chi connectivity index (χ2v) is 5.81. The summed E-state index contributed by atoms with van der Waals surface area (Å²) in [5.41, 5.74) is 0.748. The minimum absolute atomic E-state index is 0.0980. The minimum Gasteiger partial charge on any atom is -0.382 e. The van der Waals surface area contributed by atoms with E-state index in [1.165, 1.54) is 0 Å². The number of hydrogen-bond donors (Lipinski definition) is 1. The number of carbonyl (C=O) groups excluding carboxylic acids is 1. The molecule has 1 aliphatic rings. The molecule has 0 aliphatic carbocycles. The van der Waals surface area contributed by atoms with Gasteiger partial charge in [0.2, 0.25) is 0 Å². The van der Waals surface area contributed by atoms with Crippen LogP contribution in [0.4, 0.5) is 0 Å². The number of ether oxygens (including phenoxy) is 1. The third-order valence-electron chi connectivity index (χ3n) is 3.82. The van der Waals surface area contributed by atoms with Gasteiger partial charge in [-0.1, -0.05) is 18.2 Å². The number of amides is 1. The second-order valence-electron chi connectivity index (χ2n) is 5.43. The molecule has 1 amide bonds. The molecule has 0 unspecified atom stereocenters. The zero-order valence-corrected chi connectivity index (χ0v) is 14.5. The van der Waals surface area contributed by atoms with Gasteiger partial charge in [-0.05, 0) is 37.7 Å². The molecule has 2 rings (SSSR count). The normalized spacial score (nSPS) is 14.7. The van der Waals surface area contributed by atoms with Crippen molar-refractivity contribution in [3.05, 3.63) is 35.9 Å². The molecule has 0 atom stereocenters. The van der Waals surface area contributed by atoms with Crippen LogP contribution in [0, 0.1) is 0 Å². The summed E-state index contributed by atoms with van der Waals surface area (Å²) < 4.78 is 5.30. The molecule has 0 saturated carbocycles. The molecule has 0 bridgehead atoms. The number of thiocarbonyl (C=S) groups is 1. The summed E-state index contributed by atoms with van der Waals surface area (Å²) in [6.07, 6.45) is 0.945. The first-order valence-corrected chi connectivity index (χ1v) is 8.58. The van der Waals surface area contributed by atoms with Crippen LogP contribution in [0.3, 0.4) is 0 Å². The number of carbonyl (C=O) groups is 1. The molecule has 1 aromatic carbocycles. The zero-order chi connectivity index (χ0) is 16.5. The minimum atomic E-state index is 0.0980. The number of benzene rings is 1. The van der Waals surface area contributed by atoms with Crippen molar-refractivity contribution in [2.45, 2.75) is 13.3 Å². The van der Waals surface area contributed by atoms with Gasteiger partial charge in [-0.3, -0.25) is 4.79 Å². The summed E-state index contributed by atoms with van der Waals surface area (Å²) >= 11 is 5.42. The predicted molar refractivity (Wildman–Crippen MR) is 95.6 cm³/mol. The zero-order valence-electron chi connectivity index (χ0n) is 13.7. The summed E-state index contributed by atoms with van der Waals surface area (Å²) in [7, 11) is 0. The van der Waals surface area contributed by atoms with Crippen molar-refractivity contribution >= 4 is 23.2 Å². The molecule has 1 saturated heterocycles. The second kappa shape index (κ2) is 9.47. The van der Waals surface area contributed by atoms with Gasteiger partial charge < -0.3 is 19.9 Å².